The van der Waals surface area contributed by atoms with E-state index in [2.05, 4.69) is 35.8 Å². The molecule has 0 radical (unpaired) electrons. The number of benzene rings is 3. The van der Waals surface area contributed by atoms with Gasteiger partial charge in [0.25, 0.3) is 5.91 Å². The van der Waals surface area contributed by atoms with E-state index in [-0.39, 0.29) is 11.8 Å². The third-order valence-corrected chi connectivity index (χ3v) is 7.25. The van der Waals surface area contributed by atoms with E-state index in [1.807, 2.05) is 78.6 Å². The van der Waals surface area contributed by atoms with Crippen molar-refractivity contribution in [3.05, 3.63) is 113 Å². The first-order valence-electron chi connectivity index (χ1n) is 13.2. The van der Waals surface area contributed by atoms with Gasteiger partial charge in [0.1, 0.15) is 5.75 Å². The van der Waals surface area contributed by atoms with E-state index < -0.39 is 0 Å². The number of piperazine rings is 1. The van der Waals surface area contributed by atoms with E-state index in [9.17, 15) is 9.59 Å². The maximum Gasteiger partial charge on any atom is 0.255 e. The lowest BCUT2D eigenvalue weighted by molar-refractivity contribution is -0.127. The third kappa shape index (κ3) is 5.65. The molecule has 1 aliphatic heterocycles. The second kappa shape index (κ2) is 11.4. The molecule has 0 atom stereocenters. The molecule has 1 saturated heterocycles. The smallest absolute Gasteiger partial charge is 0.255 e. The van der Waals surface area contributed by atoms with Gasteiger partial charge in [-0.3, -0.25) is 9.59 Å². The second-order valence-corrected chi connectivity index (χ2v) is 9.79. The number of carbonyl (C=O) groups is 2. The predicted octanol–water partition coefficient (Wildman–Crippen LogP) is 5.77. The SMILES string of the molecule is COc1ccc(-c2cc(C(=O)N3CCN(C(=O)/C=C/c4ccccc4)CC3)c(C)n2-c2ccc(C)cc2)cc1. The van der Waals surface area contributed by atoms with Crippen molar-refractivity contribution in [1.29, 1.82) is 0 Å². The highest BCUT2D eigenvalue weighted by Crippen LogP contribution is 2.31. The fourth-order valence-electron chi connectivity index (χ4n) is 4.96. The summed E-state index contributed by atoms with van der Waals surface area (Å²) in [6.07, 6.45) is 3.44. The Bertz CT molecular complexity index is 1480. The fourth-order valence-corrected chi connectivity index (χ4v) is 4.96. The van der Waals surface area contributed by atoms with E-state index in [1.54, 1.807) is 18.1 Å². The minimum absolute atomic E-state index is 0.0138. The molecule has 2 amide bonds. The van der Waals surface area contributed by atoms with Crippen LogP contribution >= 0.6 is 0 Å². The molecule has 0 aliphatic carbocycles. The topological polar surface area (TPSA) is 54.8 Å². The van der Waals surface area contributed by atoms with Crippen molar-refractivity contribution in [2.24, 2.45) is 0 Å². The highest BCUT2D eigenvalue weighted by molar-refractivity contribution is 5.98. The van der Waals surface area contributed by atoms with Gasteiger partial charge in [0.15, 0.2) is 0 Å². The van der Waals surface area contributed by atoms with E-state index >= 15 is 0 Å². The summed E-state index contributed by atoms with van der Waals surface area (Å²) < 4.78 is 7.48. The lowest BCUT2D eigenvalue weighted by Crippen LogP contribution is -2.50. The average molecular weight is 520 g/mol. The number of ether oxygens (including phenoxy) is 1. The highest BCUT2D eigenvalue weighted by atomic mass is 16.5. The molecule has 6 heteroatoms. The molecule has 0 saturated carbocycles. The monoisotopic (exact) mass is 519 g/mol. The highest BCUT2D eigenvalue weighted by Gasteiger charge is 2.27. The first-order chi connectivity index (χ1) is 18.9. The van der Waals surface area contributed by atoms with Crippen molar-refractivity contribution in [2.45, 2.75) is 13.8 Å². The summed E-state index contributed by atoms with van der Waals surface area (Å²) in [4.78, 5) is 30.1. The summed E-state index contributed by atoms with van der Waals surface area (Å²) in [7, 11) is 1.65. The third-order valence-electron chi connectivity index (χ3n) is 7.25. The number of rotatable bonds is 6. The minimum Gasteiger partial charge on any atom is -0.497 e. The Kier molecular flexibility index (Phi) is 7.64. The molecule has 5 rings (SSSR count). The van der Waals surface area contributed by atoms with E-state index in [0.717, 1.165) is 34.0 Å². The molecule has 4 aromatic rings. The van der Waals surface area contributed by atoms with Crippen LogP contribution in [0, 0.1) is 13.8 Å². The first kappa shape index (κ1) is 26.0. The van der Waals surface area contributed by atoms with Crippen molar-refractivity contribution in [1.82, 2.24) is 14.4 Å². The molecule has 198 valence electrons. The van der Waals surface area contributed by atoms with Crippen LogP contribution in [0.4, 0.5) is 0 Å². The maximum absolute atomic E-state index is 13.8. The van der Waals surface area contributed by atoms with Crippen LogP contribution in [0.2, 0.25) is 0 Å². The van der Waals surface area contributed by atoms with Gasteiger partial charge in [-0.15, -0.1) is 0 Å². The lowest BCUT2D eigenvalue weighted by Gasteiger charge is -2.34. The molecule has 0 unspecified atom stereocenters. The summed E-state index contributed by atoms with van der Waals surface area (Å²) in [6.45, 7) is 6.06. The van der Waals surface area contributed by atoms with Crippen molar-refractivity contribution < 1.29 is 14.3 Å². The van der Waals surface area contributed by atoms with Crippen molar-refractivity contribution in [3.63, 3.8) is 0 Å². The quantitative estimate of drug-likeness (QED) is 0.304. The molecule has 1 aromatic heterocycles. The van der Waals surface area contributed by atoms with Gasteiger partial charge >= 0.3 is 0 Å². The van der Waals surface area contributed by atoms with Gasteiger partial charge in [-0.1, -0.05) is 48.0 Å². The molecule has 39 heavy (non-hydrogen) atoms. The van der Waals surface area contributed by atoms with E-state index in [0.29, 0.717) is 31.7 Å². The van der Waals surface area contributed by atoms with Gasteiger partial charge in [-0.05, 0) is 73.5 Å². The van der Waals surface area contributed by atoms with Crippen LogP contribution in [-0.2, 0) is 4.79 Å². The summed E-state index contributed by atoms with van der Waals surface area (Å²) in [6, 6.07) is 28.0. The summed E-state index contributed by atoms with van der Waals surface area (Å²) in [5.41, 5.74) is 6.67. The molecule has 0 N–H and O–H groups in total. The normalized spacial score (nSPS) is 13.6. The van der Waals surface area contributed by atoms with Crippen LogP contribution in [-0.4, -0.2) is 59.5 Å². The molecule has 1 fully saturated rings. The summed E-state index contributed by atoms with van der Waals surface area (Å²) in [5, 5.41) is 0. The molecule has 2 heterocycles. The van der Waals surface area contributed by atoms with Gasteiger partial charge in [-0.25, -0.2) is 0 Å². The van der Waals surface area contributed by atoms with Crippen LogP contribution in [0.15, 0.2) is 91.0 Å². The zero-order chi connectivity index (χ0) is 27.4. The van der Waals surface area contributed by atoms with Crippen molar-refractivity contribution in [2.75, 3.05) is 33.3 Å². The second-order valence-electron chi connectivity index (χ2n) is 9.79. The Hall–Kier alpha value is -4.58. The van der Waals surface area contributed by atoms with Gasteiger partial charge in [0.2, 0.25) is 5.91 Å². The van der Waals surface area contributed by atoms with Crippen LogP contribution in [0.3, 0.4) is 0 Å². The predicted molar refractivity (Wildman–Crippen MR) is 155 cm³/mol. The first-order valence-corrected chi connectivity index (χ1v) is 13.2. The molecule has 0 bridgehead atoms. The number of aromatic nitrogens is 1. The van der Waals surface area contributed by atoms with Crippen LogP contribution < -0.4 is 4.74 Å². The van der Waals surface area contributed by atoms with Gasteiger partial charge in [-0.2, -0.15) is 0 Å². The molecule has 0 spiro atoms. The largest absolute Gasteiger partial charge is 0.497 e. The number of nitrogens with zero attached hydrogens (tertiary/aromatic N) is 3. The molecule has 3 aromatic carbocycles. The fraction of sp³-hybridized carbons (Fsp3) is 0.212. The Labute approximate surface area is 229 Å². The van der Waals surface area contributed by atoms with Gasteiger partial charge in [0.05, 0.1) is 18.4 Å². The number of hydrogen-bond donors (Lipinski definition) is 0. The minimum atomic E-state index is -0.0329. The number of amides is 2. The number of carbonyl (C=O) groups excluding carboxylic acids is 2. The standard InChI is InChI=1S/C33H33N3O3/c1-24-9-14-28(15-10-24)36-25(2)30(23-31(36)27-12-16-29(39-3)17-13-27)33(38)35-21-19-34(20-22-35)32(37)18-11-26-7-5-4-6-8-26/h4-18,23H,19-22H2,1-3H3/b18-11+. The molecule has 6 nitrogen and oxygen atoms in total. The van der Waals surface area contributed by atoms with Gasteiger partial charge < -0.3 is 19.1 Å². The Morgan fingerprint density at radius 2 is 1.44 bits per heavy atom. The molecular formula is C33H33N3O3. The van der Waals surface area contributed by atoms with Crippen LogP contribution in [0.25, 0.3) is 23.0 Å². The van der Waals surface area contributed by atoms with E-state index in [4.69, 9.17) is 4.74 Å². The summed E-state index contributed by atoms with van der Waals surface area (Å²) in [5.74, 6) is 0.737. The zero-order valence-electron chi connectivity index (χ0n) is 22.6. The number of methoxy groups -OCH3 is 1. The average Bonchev–Trinajstić information content (AvgIpc) is 3.33. The molecular weight excluding hydrogens is 486 g/mol. The number of aryl methyl sites for hydroxylation is 1. The number of hydrogen-bond acceptors (Lipinski definition) is 3. The van der Waals surface area contributed by atoms with Gasteiger partial charge in [0, 0.05) is 43.6 Å². The van der Waals surface area contributed by atoms with E-state index in [1.165, 1.54) is 5.56 Å². The lowest BCUT2D eigenvalue weighted by atomic mass is 10.1. The maximum atomic E-state index is 13.8. The van der Waals surface area contributed by atoms with Crippen LogP contribution in [0.1, 0.15) is 27.2 Å². The Morgan fingerprint density at radius 3 is 2.08 bits per heavy atom. The van der Waals surface area contributed by atoms with Crippen molar-refractivity contribution >= 4 is 17.9 Å². The van der Waals surface area contributed by atoms with Crippen LogP contribution in [0.5, 0.6) is 5.75 Å². The Morgan fingerprint density at radius 1 is 0.795 bits per heavy atom. The Balaban J connectivity index is 1.37. The molecule has 1 aliphatic rings. The zero-order valence-corrected chi connectivity index (χ0v) is 22.6. The summed E-state index contributed by atoms with van der Waals surface area (Å²) >= 11 is 0. The van der Waals surface area contributed by atoms with Crippen molar-refractivity contribution in [3.8, 4) is 22.7 Å².